The molecule has 1 fully saturated rings. The van der Waals surface area contributed by atoms with E-state index in [1.807, 2.05) is 12.3 Å². The van der Waals surface area contributed by atoms with Gasteiger partial charge < -0.3 is 5.32 Å². The van der Waals surface area contributed by atoms with Crippen LogP contribution >= 0.6 is 0 Å². The fraction of sp³-hybridized carbons (Fsp3) is 0.647. The first-order valence-corrected chi connectivity index (χ1v) is 8.55. The third kappa shape index (κ3) is 2.97. The van der Waals surface area contributed by atoms with Crippen LogP contribution in [0.2, 0.25) is 0 Å². The van der Waals surface area contributed by atoms with E-state index in [1.54, 1.807) is 6.92 Å². The highest BCUT2D eigenvalue weighted by molar-refractivity contribution is 5.42. The molecular formula is C17H26FN5. The first kappa shape index (κ1) is 16.3. The normalized spacial score (nSPS) is 24.2. The second-order valence-corrected chi connectivity index (χ2v) is 6.47. The average molecular weight is 319 g/mol. The van der Waals surface area contributed by atoms with Gasteiger partial charge in [-0.2, -0.15) is 5.10 Å². The van der Waals surface area contributed by atoms with Gasteiger partial charge in [-0.3, -0.25) is 4.90 Å². The van der Waals surface area contributed by atoms with Gasteiger partial charge in [0.25, 0.3) is 0 Å². The maximum atomic E-state index is 14.1. The number of hydrogen-bond donors (Lipinski definition) is 1. The highest BCUT2D eigenvalue weighted by Crippen LogP contribution is 2.26. The third-order valence-electron chi connectivity index (χ3n) is 5.04. The molecule has 0 aliphatic carbocycles. The highest BCUT2D eigenvalue weighted by atomic mass is 19.1. The zero-order chi connectivity index (χ0) is 16.6. The molecule has 2 aromatic heterocycles. The van der Waals surface area contributed by atoms with Crippen molar-refractivity contribution in [3.63, 3.8) is 0 Å². The Morgan fingerprint density at radius 3 is 2.87 bits per heavy atom. The molecule has 1 aliphatic rings. The lowest BCUT2D eigenvalue weighted by Gasteiger charge is -2.43. The quantitative estimate of drug-likeness (QED) is 0.941. The Labute approximate surface area is 136 Å². The predicted octanol–water partition coefficient (Wildman–Crippen LogP) is 2.70. The van der Waals surface area contributed by atoms with Crippen molar-refractivity contribution in [2.75, 3.05) is 13.1 Å². The lowest BCUT2D eigenvalue weighted by molar-refractivity contribution is 0.0832. The van der Waals surface area contributed by atoms with Crippen LogP contribution in [-0.4, -0.2) is 44.7 Å². The molecule has 6 heteroatoms. The summed E-state index contributed by atoms with van der Waals surface area (Å²) in [7, 11) is 0. The Morgan fingerprint density at radius 1 is 1.39 bits per heavy atom. The summed E-state index contributed by atoms with van der Waals surface area (Å²) in [6.07, 6.45) is 4.02. The minimum Gasteiger partial charge on any atom is -0.311 e. The zero-order valence-corrected chi connectivity index (χ0v) is 14.4. The van der Waals surface area contributed by atoms with Gasteiger partial charge in [0.1, 0.15) is 0 Å². The molecule has 1 saturated heterocycles. The standard InChI is InChI=1S/C17H26FN5/c1-5-13-10-22(14(6-2)9-19-13)12(4)15-7-8-23-17(20-15)16(18)11(3)21-23/h7-8,12-14,19H,5-6,9-10H2,1-4H3/t12?,13-,14+/m0/s1. The summed E-state index contributed by atoms with van der Waals surface area (Å²) >= 11 is 0. The molecule has 0 aromatic carbocycles. The molecule has 1 aliphatic heterocycles. The van der Waals surface area contributed by atoms with Gasteiger partial charge in [-0.05, 0) is 32.8 Å². The molecule has 126 valence electrons. The number of fused-ring (bicyclic) bond motifs is 1. The SMILES string of the molecule is CC[C@H]1CN(C(C)c2ccn3nc(C)c(F)c3n2)[C@H](CC)CN1. The molecule has 1 N–H and O–H groups in total. The maximum Gasteiger partial charge on any atom is 0.191 e. The van der Waals surface area contributed by atoms with Gasteiger partial charge in [-0.1, -0.05) is 13.8 Å². The Balaban J connectivity index is 1.91. The van der Waals surface area contributed by atoms with Crippen LogP contribution in [0.5, 0.6) is 0 Å². The predicted molar refractivity (Wildman–Crippen MR) is 89.0 cm³/mol. The van der Waals surface area contributed by atoms with Crippen molar-refractivity contribution in [1.82, 2.24) is 24.8 Å². The van der Waals surface area contributed by atoms with Gasteiger partial charge in [0.15, 0.2) is 11.5 Å². The average Bonchev–Trinajstić information content (AvgIpc) is 2.87. The van der Waals surface area contributed by atoms with Crippen molar-refractivity contribution in [3.05, 3.63) is 29.5 Å². The summed E-state index contributed by atoms with van der Waals surface area (Å²) in [5.41, 5.74) is 1.62. The van der Waals surface area contributed by atoms with Crippen LogP contribution in [0.1, 0.15) is 51.0 Å². The fourth-order valence-corrected chi connectivity index (χ4v) is 3.44. The summed E-state index contributed by atoms with van der Waals surface area (Å²) in [6.45, 7) is 10.3. The maximum absolute atomic E-state index is 14.1. The first-order valence-electron chi connectivity index (χ1n) is 8.55. The van der Waals surface area contributed by atoms with E-state index in [1.165, 1.54) is 4.52 Å². The van der Waals surface area contributed by atoms with E-state index in [-0.39, 0.29) is 11.9 Å². The largest absolute Gasteiger partial charge is 0.311 e. The molecule has 0 amide bonds. The number of piperazine rings is 1. The molecule has 5 nitrogen and oxygen atoms in total. The van der Waals surface area contributed by atoms with Gasteiger partial charge in [0.05, 0.1) is 11.4 Å². The smallest absolute Gasteiger partial charge is 0.191 e. The van der Waals surface area contributed by atoms with E-state index >= 15 is 0 Å². The molecule has 0 spiro atoms. The van der Waals surface area contributed by atoms with E-state index in [0.29, 0.717) is 23.4 Å². The summed E-state index contributed by atoms with van der Waals surface area (Å²) in [5, 5.41) is 7.75. The molecule has 23 heavy (non-hydrogen) atoms. The lowest BCUT2D eigenvalue weighted by atomic mass is 10.0. The molecule has 3 heterocycles. The zero-order valence-electron chi connectivity index (χ0n) is 14.4. The highest BCUT2D eigenvalue weighted by Gasteiger charge is 2.30. The van der Waals surface area contributed by atoms with E-state index in [9.17, 15) is 4.39 Å². The van der Waals surface area contributed by atoms with Crippen molar-refractivity contribution in [1.29, 1.82) is 0 Å². The Bertz CT molecular complexity index is 683. The van der Waals surface area contributed by atoms with Crippen LogP contribution in [0.4, 0.5) is 4.39 Å². The molecule has 0 bridgehead atoms. The van der Waals surface area contributed by atoms with Crippen molar-refractivity contribution in [3.8, 4) is 0 Å². The third-order valence-corrected chi connectivity index (χ3v) is 5.04. The van der Waals surface area contributed by atoms with E-state index in [4.69, 9.17) is 0 Å². The van der Waals surface area contributed by atoms with Crippen molar-refractivity contribution >= 4 is 5.65 Å². The van der Waals surface area contributed by atoms with Crippen LogP contribution < -0.4 is 5.32 Å². The van der Waals surface area contributed by atoms with Gasteiger partial charge in [-0.15, -0.1) is 0 Å². The van der Waals surface area contributed by atoms with Crippen molar-refractivity contribution < 1.29 is 4.39 Å². The number of nitrogens with one attached hydrogen (secondary N) is 1. The molecule has 3 atom stereocenters. The number of aryl methyl sites for hydroxylation is 1. The lowest BCUT2D eigenvalue weighted by Crippen LogP contribution is -2.56. The molecular weight excluding hydrogens is 293 g/mol. The Kier molecular flexibility index (Phi) is 4.64. The van der Waals surface area contributed by atoms with E-state index < -0.39 is 0 Å². The number of rotatable bonds is 4. The molecule has 2 aromatic rings. The monoisotopic (exact) mass is 319 g/mol. The van der Waals surface area contributed by atoms with Gasteiger partial charge in [0.2, 0.25) is 0 Å². The minimum atomic E-state index is -0.321. The summed E-state index contributed by atoms with van der Waals surface area (Å²) in [4.78, 5) is 7.06. The van der Waals surface area contributed by atoms with Crippen LogP contribution in [0.25, 0.3) is 5.65 Å². The number of hydrogen-bond acceptors (Lipinski definition) is 4. The molecule has 1 unspecified atom stereocenters. The fourth-order valence-electron chi connectivity index (χ4n) is 3.44. The van der Waals surface area contributed by atoms with E-state index in [2.05, 4.69) is 41.1 Å². The van der Waals surface area contributed by atoms with Gasteiger partial charge in [-0.25, -0.2) is 13.9 Å². The topological polar surface area (TPSA) is 45.5 Å². The number of aromatic nitrogens is 3. The van der Waals surface area contributed by atoms with Gasteiger partial charge >= 0.3 is 0 Å². The second-order valence-electron chi connectivity index (χ2n) is 6.47. The summed E-state index contributed by atoms with van der Waals surface area (Å²) in [6, 6.07) is 3.12. The molecule has 0 saturated carbocycles. The summed E-state index contributed by atoms with van der Waals surface area (Å²) in [5.74, 6) is -0.321. The van der Waals surface area contributed by atoms with Crippen LogP contribution in [0.3, 0.4) is 0 Å². The van der Waals surface area contributed by atoms with Gasteiger partial charge in [0, 0.05) is 37.4 Å². The summed E-state index contributed by atoms with van der Waals surface area (Å²) < 4.78 is 15.7. The number of nitrogens with zero attached hydrogens (tertiary/aromatic N) is 4. The van der Waals surface area contributed by atoms with E-state index in [0.717, 1.165) is 31.6 Å². The second kappa shape index (κ2) is 6.53. The molecule has 0 radical (unpaired) electrons. The number of halogens is 1. The van der Waals surface area contributed by atoms with Crippen molar-refractivity contribution in [2.45, 2.75) is 58.7 Å². The van der Waals surface area contributed by atoms with Crippen LogP contribution in [0, 0.1) is 12.7 Å². The molecule has 3 rings (SSSR count). The minimum absolute atomic E-state index is 0.163. The first-order chi connectivity index (χ1) is 11.0. The van der Waals surface area contributed by atoms with Crippen LogP contribution in [0.15, 0.2) is 12.3 Å². The van der Waals surface area contributed by atoms with Crippen molar-refractivity contribution in [2.24, 2.45) is 0 Å². The Morgan fingerprint density at radius 2 is 2.17 bits per heavy atom. The van der Waals surface area contributed by atoms with Crippen LogP contribution in [-0.2, 0) is 0 Å². The Hall–Kier alpha value is -1.53.